The van der Waals surface area contributed by atoms with Crippen LogP contribution >= 0.6 is 0 Å². The van der Waals surface area contributed by atoms with Crippen LogP contribution in [0.1, 0.15) is 37.1 Å². The molecule has 0 aromatic carbocycles. The van der Waals surface area contributed by atoms with Crippen molar-refractivity contribution in [3.63, 3.8) is 0 Å². The number of hydrogen-bond acceptors (Lipinski definition) is 2. The third-order valence-electron chi connectivity index (χ3n) is 3.14. The zero-order valence-corrected chi connectivity index (χ0v) is 10.1. The van der Waals surface area contributed by atoms with Gasteiger partial charge in [0.25, 0.3) is 0 Å². The Morgan fingerprint density at radius 1 is 1.47 bits per heavy atom. The van der Waals surface area contributed by atoms with Crippen molar-refractivity contribution in [2.45, 2.75) is 38.8 Å². The maximum atomic E-state index is 13.7. The quantitative estimate of drug-likeness (QED) is 0.778. The standard InChI is InChI=1S/C14H17FN2/c1-3-11-5-4-6-12(15)8-13(11)14-7-10(2)16-9-17-14/h3,7,9,12H,1,4-6,8H2,2H3. The molecule has 0 N–H and O–H groups in total. The van der Waals surface area contributed by atoms with Gasteiger partial charge >= 0.3 is 0 Å². The molecule has 2 rings (SSSR count). The summed E-state index contributed by atoms with van der Waals surface area (Å²) in [5, 5.41) is 0. The Morgan fingerprint density at radius 3 is 3.00 bits per heavy atom. The number of aryl methyl sites for hydroxylation is 1. The number of hydrogen-bond donors (Lipinski definition) is 0. The van der Waals surface area contributed by atoms with Crippen LogP contribution in [0.2, 0.25) is 0 Å². The summed E-state index contributed by atoms with van der Waals surface area (Å²) in [6, 6.07) is 1.91. The van der Waals surface area contributed by atoms with Crippen molar-refractivity contribution in [3.05, 3.63) is 42.0 Å². The van der Waals surface area contributed by atoms with Gasteiger partial charge in [-0.25, -0.2) is 14.4 Å². The molecule has 0 radical (unpaired) electrons. The second-order valence-electron chi connectivity index (χ2n) is 4.45. The first kappa shape index (κ1) is 12.0. The number of nitrogens with zero attached hydrogens (tertiary/aromatic N) is 2. The molecular weight excluding hydrogens is 215 g/mol. The van der Waals surface area contributed by atoms with Crippen LogP contribution in [0, 0.1) is 6.92 Å². The van der Waals surface area contributed by atoms with Gasteiger partial charge in [0.2, 0.25) is 0 Å². The summed E-state index contributed by atoms with van der Waals surface area (Å²) in [7, 11) is 0. The lowest BCUT2D eigenvalue weighted by Crippen LogP contribution is -2.01. The average molecular weight is 232 g/mol. The van der Waals surface area contributed by atoms with E-state index in [0.717, 1.165) is 35.4 Å². The molecule has 90 valence electrons. The molecule has 1 atom stereocenters. The third kappa shape index (κ3) is 2.78. The van der Waals surface area contributed by atoms with E-state index in [-0.39, 0.29) is 0 Å². The predicted octanol–water partition coefficient (Wildman–Crippen LogP) is 3.64. The van der Waals surface area contributed by atoms with Gasteiger partial charge in [0.15, 0.2) is 0 Å². The fourth-order valence-corrected chi connectivity index (χ4v) is 2.23. The molecule has 0 spiro atoms. The molecule has 0 amide bonds. The SMILES string of the molecule is C=CC1=C(c2cc(C)ncn2)CC(F)CCC1. The summed E-state index contributed by atoms with van der Waals surface area (Å²) >= 11 is 0. The van der Waals surface area contributed by atoms with Crippen molar-refractivity contribution in [1.82, 2.24) is 9.97 Å². The highest BCUT2D eigenvalue weighted by Gasteiger charge is 2.19. The van der Waals surface area contributed by atoms with Gasteiger partial charge in [-0.15, -0.1) is 0 Å². The van der Waals surface area contributed by atoms with Gasteiger partial charge in [-0.3, -0.25) is 0 Å². The molecule has 1 unspecified atom stereocenters. The molecule has 0 fully saturated rings. The molecule has 3 heteroatoms. The minimum Gasteiger partial charge on any atom is -0.247 e. The topological polar surface area (TPSA) is 25.8 Å². The zero-order valence-electron chi connectivity index (χ0n) is 10.1. The smallest absolute Gasteiger partial charge is 0.116 e. The van der Waals surface area contributed by atoms with E-state index >= 15 is 0 Å². The van der Waals surface area contributed by atoms with Crippen LogP contribution in [0.15, 0.2) is 30.6 Å². The van der Waals surface area contributed by atoms with Crippen molar-refractivity contribution < 1.29 is 4.39 Å². The van der Waals surface area contributed by atoms with E-state index in [4.69, 9.17) is 0 Å². The Hall–Kier alpha value is -1.51. The van der Waals surface area contributed by atoms with Crippen LogP contribution in [-0.4, -0.2) is 16.1 Å². The van der Waals surface area contributed by atoms with Gasteiger partial charge in [-0.1, -0.05) is 12.7 Å². The summed E-state index contributed by atoms with van der Waals surface area (Å²) < 4.78 is 13.7. The first-order valence-electron chi connectivity index (χ1n) is 5.98. The molecule has 1 heterocycles. The average Bonchev–Trinajstić information content (AvgIpc) is 2.50. The van der Waals surface area contributed by atoms with Gasteiger partial charge in [-0.2, -0.15) is 0 Å². The molecule has 17 heavy (non-hydrogen) atoms. The predicted molar refractivity (Wildman–Crippen MR) is 67.3 cm³/mol. The van der Waals surface area contributed by atoms with E-state index in [1.54, 1.807) is 0 Å². The van der Waals surface area contributed by atoms with Crippen LogP contribution < -0.4 is 0 Å². The number of aromatic nitrogens is 2. The highest BCUT2D eigenvalue weighted by atomic mass is 19.1. The Kier molecular flexibility index (Phi) is 3.67. The van der Waals surface area contributed by atoms with Gasteiger partial charge in [0, 0.05) is 12.1 Å². The molecule has 0 aliphatic heterocycles. The Bertz CT molecular complexity index is 451. The summed E-state index contributed by atoms with van der Waals surface area (Å²) in [6.07, 6.45) is 5.46. The maximum Gasteiger partial charge on any atom is 0.116 e. The number of rotatable bonds is 2. The molecule has 2 nitrogen and oxygen atoms in total. The normalized spacial score (nSPS) is 21.2. The third-order valence-corrected chi connectivity index (χ3v) is 3.14. The molecule has 1 aliphatic rings. The Balaban J connectivity index is 2.43. The minimum atomic E-state index is -0.766. The van der Waals surface area contributed by atoms with Crippen molar-refractivity contribution in [2.24, 2.45) is 0 Å². The van der Waals surface area contributed by atoms with E-state index in [2.05, 4.69) is 16.5 Å². The lowest BCUT2D eigenvalue weighted by molar-refractivity contribution is 0.318. The van der Waals surface area contributed by atoms with Crippen LogP contribution in [0.5, 0.6) is 0 Å². The lowest BCUT2D eigenvalue weighted by atomic mass is 9.99. The van der Waals surface area contributed by atoms with Crippen LogP contribution in [0.25, 0.3) is 5.57 Å². The van der Waals surface area contributed by atoms with Gasteiger partial charge in [0.05, 0.1) is 5.69 Å². The second-order valence-corrected chi connectivity index (χ2v) is 4.45. The molecule has 1 aliphatic carbocycles. The Morgan fingerprint density at radius 2 is 2.29 bits per heavy atom. The van der Waals surface area contributed by atoms with E-state index in [0.29, 0.717) is 12.8 Å². The lowest BCUT2D eigenvalue weighted by Gasteiger charge is -2.10. The van der Waals surface area contributed by atoms with E-state index in [1.165, 1.54) is 6.33 Å². The van der Waals surface area contributed by atoms with Crippen LogP contribution in [-0.2, 0) is 0 Å². The highest BCUT2D eigenvalue weighted by molar-refractivity contribution is 5.69. The first-order chi connectivity index (χ1) is 8.20. The highest BCUT2D eigenvalue weighted by Crippen LogP contribution is 2.32. The van der Waals surface area contributed by atoms with Crippen molar-refractivity contribution in [1.29, 1.82) is 0 Å². The van der Waals surface area contributed by atoms with E-state index < -0.39 is 6.17 Å². The summed E-state index contributed by atoms with van der Waals surface area (Å²) in [5.74, 6) is 0. The van der Waals surface area contributed by atoms with E-state index in [9.17, 15) is 4.39 Å². The van der Waals surface area contributed by atoms with Crippen LogP contribution in [0.4, 0.5) is 4.39 Å². The first-order valence-corrected chi connectivity index (χ1v) is 5.98. The minimum absolute atomic E-state index is 0.442. The maximum absolute atomic E-state index is 13.7. The molecule has 1 aromatic rings. The fourth-order valence-electron chi connectivity index (χ4n) is 2.23. The second kappa shape index (κ2) is 5.21. The van der Waals surface area contributed by atoms with Gasteiger partial charge < -0.3 is 0 Å². The summed E-state index contributed by atoms with van der Waals surface area (Å²) in [5.41, 5.74) is 3.88. The largest absolute Gasteiger partial charge is 0.247 e. The summed E-state index contributed by atoms with van der Waals surface area (Å²) in [6.45, 7) is 5.75. The van der Waals surface area contributed by atoms with Crippen molar-refractivity contribution in [3.8, 4) is 0 Å². The molecule has 0 bridgehead atoms. The number of alkyl halides is 1. The fraction of sp³-hybridized carbons (Fsp3) is 0.429. The van der Waals surface area contributed by atoms with Gasteiger partial charge in [0.1, 0.15) is 12.5 Å². The van der Waals surface area contributed by atoms with Crippen molar-refractivity contribution >= 4 is 5.57 Å². The molecule has 1 aromatic heterocycles. The Labute approximate surface area is 101 Å². The number of allylic oxidation sites excluding steroid dienone is 3. The van der Waals surface area contributed by atoms with Gasteiger partial charge in [-0.05, 0) is 43.4 Å². The monoisotopic (exact) mass is 232 g/mol. The van der Waals surface area contributed by atoms with Crippen LogP contribution in [0.3, 0.4) is 0 Å². The molecule has 0 saturated carbocycles. The zero-order chi connectivity index (χ0) is 12.3. The van der Waals surface area contributed by atoms with E-state index in [1.807, 2.05) is 19.1 Å². The summed E-state index contributed by atoms with van der Waals surface area (Å²) in [4.78, 5) is 8.33. The molecular formula is C14H17FN2. The molecule has 0 saturated heterocycles. The van der Waals surface area contributed by atoms with Crippen molar-refractivity contribution in [2.75, 3.05) is 0 Å². The number of halogens is 1.